The third-order valence-corrected chi connectivity index (χ3v) is 4.54. The maximum atomic E-state index is 11.9. The van der Waals surface area contributed by atoms with Crippen LogP contribution in [0.5, 0.6) is 0 Å². The van der Waals surface area contributed by atoms with Crippen LogP contribution in [0.3, 0.4) is 0 Å². The van der Waals surface area contributed by atoms with Gasteiger partial charge in [-0.15, -0.1) is 0 Å². The highest BCUT2D eigenvalue weighted by molar-refractivity contribution is 5.91. The van der Waals surface area contributed by atoms with E-state index in [1.807, 2.05) is 0 Å². The van der Waals surface area contributed by atoms with E-state index in [0.717, 1.165) is 11.8 Å². The summed E-state index contributed by atoms with van der Waals surface area (Å²) in [5.41, 5.74) is 0. The first-order valence-electron chi connectivity index (χ1n) is 6.58. The third kappa shape index (κ3) is 1.99. The van der Waals surface area contributed by atoms with Gasteiger partial charge in [-0.2, -0.15) is 0 Å². The quantitative estimate of drug-likeness (QED) is 0.872. The summed E-state index contributed by atoms with van der Waals surface area (Å²) in [5, 5.41) is 3.08. The number of hydrogen-bond donors (Lipinski definition) is 1. The lowest BCUT2D eigenvalue weighted by Gasteiger charge is -2.28. The first kappa shape index (κ1) is 10.9. The Morgan fingerprint density at radius 2 is 2.35 bits per heavy atom. The van der Waals surface area contributed by atoms with E-state index in [1.54, 1.807) is 12.1 Å². The van der Waals surface area contributed by atoms with Gasteiger partial charge in [0.2, 0.25) is 0 Å². The van der Waals surface area contributed by atoms with Crippen molar-refractivity contribution >= 4 is 5.91 Å². The Morgan fingerprint density at radius 3 is 2.94 bits per heavy atom. The number of nitrogens with one attached hydrogen (secondary N) is 1. The van der Waals surface area contributed by atoms with E-state index in [0.29, 0.717) is 11.7 Å². The molecule has 1 heterocycles. The molecule has 92 valence electrons. The van der Waals surface area contributed by atoms with Gasteiger partial charge in [-0.05, 0) is 56.1 Å². The van der Waals surface area contributed by atoms with Crippen LogP contribution >= 0.6 is 0 Å². The van der Waals surface area contributed by atoms with Gasteiger partial charge >= 0.3 is 0 Å². The van der Waals surface area contributed by atoms with E-state index in [-0.39, 0.29) is 11.9 Å². The van der Waals surface area contributed by atoms with Crippen LogP contribution in [0, 0.1) is 17.8 Å². The van der Waals surface area contributed by atoms with Gasteiger partial charge in [0.05, 0.1) is 6.26 Å². The molecule has 3 nitrogen and oxygen atoms in total. The number of carbonyl (C=O) groups excluding carboxylic acids is 1. The molecule has 2 saturated carbocycles. The lowest BCUT2D eigenvalue weighted by atomic mass is 9.84. The van der Waals surface area contributed by atoms with Crippen LogP contribution in [-0.2, 0) is 0 Å². The summed E-state index contributed by atoms with van der Waals surface area (Å²) in [6.07, 6.45) is 6.98. The number of furan rings is 1. The van der Waals surface area contributed by atoms with E-state index in [2.05, 4.69) is 12.2 Å². The number of hydrogen-bond acceptors (Lipinski definition) is 2. The molecule has 3 rings (SSSR count). The predicted octanol–water partition coefficient (Wildman–Crippen LogP) is 2.83. The zero-order valence-corrected chi connectivity index (χ0v) is 10.2. The van der Waals surface area contributed by atoms with E-state index < -0.39 is 0 Å². The fourth-order valence-corrected chi connectivity index (χ4v) is 3.70. The summed E-state index contributed by atoms with van der Waals surface area (Å²) in [4.78, 5) is 11.9. The summed E-state index contributed by atoms with van der Waals surface area (Å²) in [5.74, 6) is 2.78. The molecular formula is C14H19NO2. The Bertz CT molecular complexity index is 398. The SMILES string of the molecule is C[C@@H](NC(=O)c1ccco1)[C@H]1C[C@@H]2CC[C@@H]1C2. The molecule has 0 saturated heterocycles. The second kappa shape index (κ2) is 4.21. The van der Waals surface area contributed by atoms with Crippen molar-refractivity contribution in [2.45, 2.75) is 38.6 Å². The van der Waals surface area contributed by atoms with E-state index >= 15 is 0 Å². The van der Waals surface area contributed by atoms with Crippen LogP contribution < -0.4 is 5.32 Å². The second-order valence-electron chi connectivity index (χ2n) is 5.58. The summed E-state index contributed by atoms with van der Waals surface area (Å²) in [6.45, 7) is 2.13. The molecule has 0 spiro atoms. The van der Waals surface area contributed by atoms with Gasteiger partial charge in [-0.25, -0.2) is 0 Å². The second-order valence-corrected chi connectivity index (χ2v) is 5.58. The molecule has 2 fully saturated rings. The molecule has 0 unspecified atom stereocenters. The van der Waals surface area contributed by atoms with Crippen molar-refractivity contribution < 1.29 is 9.21 Å². The monoisotopic (exact) mass is 233 g/mol. The molecule has 17 heavy (non-hydrogen) atoms. The molecule has 0 aliphatic heterocycles. The molecule has 0 radical (unpaired) electrons. The zero-order valence-electron chi connectivity index (χ0n) is 10.2. The van der Waals surface area contributed by atoms with Crippen LogP contribution in [0.2, 0.25) is 0 Å². The summed E-state index contributed by atoms with van der Waals surface area (Å²) >= 11 is 0. The van der Waals surface area contributed by atoms with Crippen molar-refractivity contribution in [3.63, 3.8) is 0 Å². The van der Waals surface area contributed by atoms with E-state index in [4.69, 9.17) is 4.42 Å². The minimum Gasteiger partial charge on any atom is -0.459 e. The number of fused-ring (bicyclic) bond motifs is 2. The van der Waals surface area contributed by atoms with Crippen molar-refractivity contribution in [3.8, 4) is 0 Å². The number of rotatable bonds is 3. The van der Waals surface area contributed by atoms with E-state index in [1.165, 1.54) is 31.9 Å². The molecule has 1 aromatic heterocycles. The van der Waals surface area contributed by atoms with Gasteiger partial charge < -0.3 is 9.73 Å². The molecule has 1 aromatic rings. The molecule has 2 aliphatic rings. The molecule has 0 aromatic carbocycles. The Balaban J connectivity index is 1.60. The highest BCUT2D eigenvalue weighted by Crippen LogP contribution is 2.49. The fraction of sp³-hybridized carbons (Fsp3) is 0.643. The van der Waals surface area contributed by atoms with Crippen LogP contribution in [0.1, 0.15) is 43.2 Å². The fourth-order valence-electron chi connectivity index (χ4n) is 3.70. The Hall–Kier alpha value is -1.25. The smallest absolute Gasteiger partial charge is 0.287 e. The lowest BCUT2D eigenvalue weighted by molar-refractivity contribution is 0.0887. The molecule has 4 atom stereocenters. The molecule has 2 aliphatic carbocycles. The molecule has 1 amide bonds. The summed E-state index contributed by atoms with van der Waals surface area (Å²) < 4.78 is 5.11. The summed E-state index contributed by atoms with van der Waals surface area (Å²) in [6, 6.07) is 3.72. The van der Waals surface area contributed by atoms with Crippen molar-refractivity contribution in [2.75, 3.05) is 0 Å². The van der Waals surface area contributed by atoms with Crippen molar-refractivity contribution in [2.24, 2.45) is 17.8 Å². The minimum absolute atomic E-state index is 0.0785. The van der Waals surface area contributed by atoms with E-state index in [9.17, 15) is 4.79 Å². The minimum atomic E-state index is -0.0785. The Kier molecular flexibility index (Phi) is 2.69. The van der Waals surface area contributed by atoms with Gasteiger partial charge in [0, 0.05) is 6.04 Å². The number of carbonyl (C=O) groups is 1. The van der Waals surface area contributed by atoms with Crippen LogP contribution in [-0.4, -0.2) is 11.9 Å². The van der Waals surface area contributed by atoms with Gasteiger partial charge in [0.1, 0.15) is 0 Å². The molecule has 2 bridgehead atoms. The Labute approximate surface area is 102 Å². The van der Waals surface area contributed by atoms with Crippen molar-refractivity contribution in [3.05, 3.63) is 24.2 Å². The van der Waals surface area contributed by atoms with Crippen LogP contribution in [0.25, 0.3) is 0 Å². The average molecular weight is 233 g/mol. The van der Waals surface area contributed by atoms with Crippen LogP contribution in [0.4, 0.5) is 0 Å². The maximum Gasteiger partial charge on any atom is 0.287 e. The first-order chi connectivity index (χ1) is 8.24. The maximum absolute atomic E-state index is 11.9. The highest BCUT2D eigenvalue weighted by atomic mass is 16.3. The van der Waals surface area contributed by atoms with Gasteiger partial charge in [0.15, 0.2) is 5.76 Å². The first-order valence-corrected chi connectivity index (χ1v) is 6.58. The molecule has 3 heteroatoms. The van der Waals surface area contributed by atoms with Crippen molar-refractivity contribution in [1.29, 1.82) is 0 Å². The lowest BCUT2D eigenvalue weighted by Crippen LogP contribution is -2.39. The van der Waals surface area contributed by atoms with Gasteiger partial charge in [-0.1, -0.05) is 6.42 Å². The highest BCUT2D eigenvalue weighted by Gasteiger charge is 2.42. The van der Waals surface area contributed by atoms with Crippen LogP contribution in [0.15, 0.2) is 22.8 Å². The molecular weight excluding hydrogens is 214 g/mol. The average Bonchev–Trinajstić information content (AvgIpc) is 3.05. The topological polar surface area (TPSA) is 42.2 Å². The Morgan fingerprint density at radius 1 is 1.47 bits per heavy atom. The normalized spacial score (nSPS) is 32.6. The number of amides is 1. The van der Waals surface area contributed by atoms with Crippen molar-refractivity contribution in [1.82, 2.24) is 5.32 Å². The largest absolute Gasteiger partial charge is 0.459 e. The van der Waals surface area contributed by atoms with Gasteiger partial charge in [-0.3, -0.25) is 4.79 Å². The predicted molar refractivity (Wildman–Crippen MR) is 64.6 cm³/mol. The summed E-state index contributed by atoms with van der Waals surface area (Å²) in [7, 11) is 0. The zero-order chi connectivity index (χ0) is 11.8. The third-order valence-electron chi connectivity index (χ3n) is 4.54. The van der Waals surface area contributed by atoms with Gasteiger partial charge in [0.25, 0.3) is 5.91 Å². The molecule has 1 N–H and O–H groups in total. The standard InChI is InChI=1S/C14H19NO2/c1-9(12-8-10-4-5-11(12)7-10)15-14(16)13-3-2-6-17-13/h2-3,6,9-12H,4-5,7-8H2,1H3,(H,15,16)/t9-,10-,11-,12-/m1/s1.